The zero-order valence-electron chi connectivity index (χ0n) is 16.1. The number of aromatic nitrogens is 2. The van der Waals surface area contributed by atoms with Crippen LogP contribution in [0.5, 0.6) is 0 Å². The van der Waals surface area contributed by atoms with Crippen molar-refractivity contribution in [2.45, 2.75) is 25.6 Å². The van der Waals surface area contributed by atoms with E-state index in [9.17, 15) is 9.90 Å². The molecule has 1 aliphatic heterocycles. The fourth-order valence-corrected chi connectivity index (χ4v) is 4.56. The first kappa shape index (κ1) is 19.4. The quantitative estimate of drug-likeness (QED) is 0.382. The second-order valence-electron chi connectivity index (χ2n) is 6.92. The van der Waals surface area contributed by atoms with Crippen molar-refractivity contribution < 1.29 is 9.90 Å². The number of rotatable bonds is 5. The summed E-state index contributed by atoms with van der Waals surface area (Å²) in [7, 11) is 0. The highest BCUT2D eigenvalue weighted by molar-refractivity contribution is 7.15. The summed E-state index contributed by atoms with van der Waals surface area (Å²) in [5.41, 5.74) is 8.85. The molecule has 3 aromatic rings. The van der Waals surface area contributed by atoms with Crippen LogP contribution in [0.3, 0.4) is 0 Å². The molecule has 3 heterocycles. The average Bonchev–Trinajstić information content (AvgIpc) is 3.31. The number of thiophene rings is 1. The molecule has 1 aromatic carbocycles. The Balaban J connectivity index is 1.84. The Morgan fingerprint density at radius 1 is 1.45 bits per heavy atom. The first-order chi connectivity index (χ1) is 14.0. The number of aryl methyl sites for hydroxylation is 1. The first-order valence-corrected chi connectivity index (χ1v) is 10.2. The smallest absolute Gasteiger partial charge is 0.247 e. The molecule has 4 rings (SSSR count). The lowest BCUT2D eigenvalue weighted by Crippen LogP contribution is -2.26. The van der Waals surface area contributed by atoms with Gasteiger partial charge in [0.05, 0.1) is 16.5 Å². The van der Waals surface area contributed by atoms with Gasteiger partial charge in [-0.25, -0.2) is 4.68 Å². The monoisotopic (exact) mass is 409 g/mol. The van der Waals surface area contributed by atoms with Gasteiger partial charge < -0.3 is 21.5 Å². The van der Waals surface area contributed by atoms with Gasteiger partial charge in [-0.2, -0.15) is 5.10 Å². The molecule has 1 aliphatic rings. The maximum absolute atomic E-state index is 11.9. The van der Waals surface area contributed by atoms with Crippen molar-refractivity contribution in [1.82, 2.24) is 9.78 Å². The van der Waals surface area contributed by atoms with Crippen molar-refractivity contribution in [2.24, 2.45) is 5.73 Å². The van der Waals surface area contributed by atoms with E-state index >= 15 is 0 Å². The summed E-state index contributed by atoms with van der Waals surface area (Å²) in [6.45, 7) is 6.25. The number of benzene rings is 1. The predicted molar refractivity (Wildman–Crippen MR) is 116 cm³/mol. The molecule has 7 nitrogen and oxygen atoms in total. The van der Waals surface area contributed by atoms with Gasteiger partial charge in [0.2, 0.25) is 5.91 Å². The molecule has 0 radical (unpaired) electrons. The first-order valence-electron chi connectivity index (χ1n) is 9.38. The molecule has 8 heteroatoms. The summed E-state index contributed by atoms with van der Waals surface area (Å²) >= 11 is 1.61. The lowest BCUT2D eigenvalue weighted by Gasteiger charge is -2.28. The highest BCUT2D eigenvalue weighted by Crippen LogP contribution is 2.41. The number of nitrogens with one attached hydrogen (secondary N) is 2. The molecular weight excluding hydrogens is 386 g/mol. The number of hydrogen-bond donors (Lipinski definition) is 4. The van der Waals surface area contributed by atoms with Crippen LogP contribution in [-0.4, -0.2) is 27.3 Å². The Morgan fingerprint density at radius 2 is 2.24 bits per heavy atom. The molecule has 2 unspecified atom stereocenters. The minimum absolute atomic E-state index is 0.111. The van der Waals surface area contributed by atoms with E-state index in [2.05, 4.69) is 17.2 Å². The summed E-state index contributed by atoms with van der Waals surface area (Å²) in [5, 5.41) is 21.4. The topological polar surface area (TPSA) is 105 Å². The fourth-order valence-electron chi connectivity index (χ4n) is 3.69. The SMILES string of the molecule is C=CC(=O)Nc1ccccc1C1CCNc2c(C(N)O)c(-c3ccc(C)s3)nn21. The second-order valence-corrected chi connectivity index (χ2v) is 8.21. The van der Waals surface area contributed by atoms with E-state index in [0.717, 1.165) is 21.7 Å². The number of carbonyl (C=O) groups excluding carboxylic acids is 1. The molecular formula is C21H23N5O2S. The largest absolute Gasteiger partial charge is 0.374 e. The van der Waals surface area contributed by atoms with Gasteiger partial charge in [-0.1, -0.05) is 24.8 Å². The number of hydrogen-bond acceptors (Lipinski definition) is 6. The maximum Gasteiger partial charge on any atom is 0.247 e. The number of aliphatic hydroxyl groups is 1. The molecule has 150 valence electrons. The second kappa shape index (κ2) is 7.82. The Hall–Kier alpha value is -2.94. The van der Waals surface area contributed by atoms with Crippen LogP contribution in [0.25, 0.3) is 10.6 Å². The molecule has 0 saturated carbocycles. The third kappa shape index (κ3) is 3.57. The van der Waals surface area contributed by atoms with Gasteiger partial charge in [-0.05, 0) is 37.6 Å². The van der Waals surface area contributed by atoms with Crippen LogP contribution in [0.4, 0.5) is 11.5 Å². The summed E-state index contributed by atoms with van der Waals surface area (Å²) in [6.07, 6.45) is 0.871. The van der Waals surface area contributed by atoms with E-state index in [4.69, 9.17) is 10.8 Å². The molecule has 2 atom stereocenters. The van der Waals surface area contributed by atoms with Gasteiger partial charge in [0.1, 0.15) is 17.7 Å². The molecule has 5 N–H and O–H groups in total. The van der Waals surface area contributed by atoms with Gasteiger partial charge in [0.25, 0.3) is 0 Å². The van der Waals surface area contributed by atoms with E-state index in [1.165, 1.54) is 6.08 Å². The minimum atomic E-state index is -1.15. The van der Waals surface area contributed by atoms with Crippen LogP contribution < -0.4 is 16.4 Å². The molecule has 0 fully saturated rings. The molecule has 0 saturated heterocycles. The normalized spacial score (nSPS) is 16.6. The third-order valence-electron chi connectivity index (χ3n) is 4.99. The zero-order valence-corrected chi connectivity index (χ0v) is 16.9. The Bertz CT molecular complexity index is 1070. The molecule has 2 aromatic heterocycles. The Kier molecular flexibility index (Phi) is 5.23. The number of amides is 1. The van der Waals surface area contributed by atoms with Crippen molar-refractivity contribution >= 4 is 28.7 Å². The summed E-state index contributed by atoms with van der Waals surface area (Å²) < 4.78 is 1.87. The number of carbonyl (C=O) groups is 1. The van der Waals surface area contributed by atoms with Crippen LogP contribution in [-0.2, 0) is 4.79 Å². The van der Waals surface area contributed by atoms with E-state index in [1.807, 2.05) is 48.0 Å². The van der Waals surface area contributed by atoms with Gasteiger partial charge in [-0.15, -0.1) is 11.3 Å². The summed E-state index contributed by atoms with van der Waals surface area (Å²) in [4.78, 5) is 14.0. The fraction of sp³-hybridized carbons (Fsp3) is 0.238. The highest BCUT2D eigenvalue weighted by atomic mass is 32.1. The standard InChI is InChI=1S/C21H23N5O2S/c1-3-17(27)24-14-7-5-4-6-13(14)15-10-11-23-21-18(20(22)28)19(25-26(15)21)16-9-8-12(2)29-16/h3-9,15,20,23,28H,1,10-11,22H2,2H3,(H,24,27). The molecule has 1 amide bonds. The lowest BCUT2D eigenvalue weighted by atomic mass is 10.00. The zero-order chi connectivity index (χ0) is 20.5. The number of fused-ring (bicyclic) bond motifs is 1. The predicted octanol–water partition coefficient (Wildman–Crippen LogP) is 3.40. The van der Waals surface area contributed by atoms with Crippen molar-refractivity contribution in [2.75, 3.05) is 17.2 Å². The van der Waals surface area contributed by atoms with Crippen molar-refractivity contribution in [3.05, 3.63) is 65.1 Å². The molecule has 0 bridgehead atoms. The lowest BCUT2D eigenvalue weighted by molar-refractivity contribution is -0.111. The van der Waals surface area contributed by atoms with Crippen LogP contribution in [0, 0.1) is 6.92 Å². The van der Waals surface area contributed by atoms with Gasteiger partial charge in [0, 0.05) is 22.7 Å². The molecule has 0 aliphatic carbocycles. The van der Waals surface area contributed by atoms with Gasteiger partial charge in [-0.3, -0.25) is 4.79 Å². The number of para-hydroxylation sites is 1. The minimum Gasteiger partial charge on any atom is -0.374 e. The van der Waals surface area contributed by atoms with E-state index < -0.39 is 6.23 Å². The van der Waals surface area contributed by atoms with Crippen molar-refractivity contribution in [1.29, 1.82) is 0 Å². The van der Waals surface area contributed by atoms with Crippen LogP contribution >= 0.6 is 11.3 Å². The van der Waals surface area contributed by atoms with Crippen molar-refractivity contribution in [3.8, 4) is 10.6 Å². The number of aliphatic hydroxyl groups excluding tert-OH is 1. The summed E-state index contributed by atoms with van der Waals surface area (Å²) in [5.74, 6) is 0.446. The number of anilines is 2. The molecule has 29 heavy (non-hydrogen) atoms. The van der Waals surface area contributed by atoms with Gasteiger partial charge in [0.15, 0.2) is 0 Å². The Labute approximate surface area is 172 Å². The maximum atomic E-state index is 11.9. The third-order valence-corrected chi connectivity index (χ3v) is 5.99. The van der Waals surface area contributed by atoms with Crippen LogP contribution in [0.2, 0.25) is 0 Å². The van der Waals surface area contributed by atoms with Crippen LogP contribution in [0.1, 0.15) is 34.7 Å². The van der Waals surface area contributed by atoms with Crippen LogP contribution in [0.15, 0.2) is 49.1 Å². The summed E-state index contributed by atoms with van der Waals surface area (Å²) in [6, 6.07) is 11.6. The van der Waals surface area contributed by atoms with Crippen molar-refractivity contribution in [3.63, 3.8) is 0 Å². The average molecular weight is 410 g/mol. The number of nitrogens with two attached hydrogens (primary N) is 1. The number of nitrogens with zero attached hydrogens (tertiary/aromatic N) is 2. The van der Waals surface area contributed by atoms with E-state index in [1.54, 1.807) is 11.3 Å². The molecule has 0 spiro atoms. The van der Waals surface area contributed by atoms with E-state index in [-0.39, 0.29) is 11.9 Å². The van der Waals surface area contributed by atoms with E-state index in [0.29, 0.717) is 29.3 Å². The Morgan fingerprint density at radius 3 is 2.93 bits per heavy atom. The highest BCUT2D eigenvalue weighted by Gasteiger charge is 2.31. The van der Waals surface area contributed by atoms with Gasteiger partial charge >= 0.3 is 0 Å².